The Hall–Kier alpha value is -2.80. The number of aliphatic hydroxyl groups is 1. The predicted molar refractivity (Wildman–Crippen MR) is 99.6 cm³/mol. The molecule has 0 amide bonds. The molecule has 2 aromatic heterocycles. The van der Waals surface area contributed by atoms with Crippen molar-refractivity contribution in [2.45, 2.75) is 31.8 Å². The summed E-state index contributed by atoms with van der Waals surface area (Å²) in [5.74, 6) is 0.511. The number of alkyl halides is 1. The van der Waals surface area contributed by atoms with E-state index in [4.69, 9.17) is 4.74 Å². The Morgan fingerprint density at radius 1 is 1.33 bits per heavy atom. The molecule has 1 aromatic carbocycles. The van der Waals surface area contributed by atoms with Crippen molar-refractivity contribution in [3.63, 3.8) is 0 Å². The number of benzene rings is 1. The van der Waals surface area contributed by atoms with E-state index in [0.29, 0.717) is 23.0 Å². The van der Waals surface area contributed by atoms with E-state index in [2.05, 4.69) is 15.2 Å². The number of rotatable bonds is 9. The van der Waals surface area contributed by atoms with Crippen molar-refractivity contribution in [2.75, 3.05) is 13.3 Å². The van der Waals surface area contributed by atoms with E-state index in [1.807, 2.05) is 37.3 Å². The first-order chi connectivity index (χ1) is 13.1. The van der Waals surface area contributed by atoms with Crippen molar-refractivity contribution < 1.29 is 19.0 Å². The van der Waals surface area contributed by atoms with E-state index < -0.39 is 12.8 Å². The second-order valence-electron chi connectivity index (χ2n) is 6.60. The van der Waals surface area contributed by atoms with Crippen LogP contribution in [0.2, 0.25) is 0 Å². The van der Waals surface area contributed by atoms with Gasteiger partial charge in [0.1, 0.15) is 25.2 Å². The van der Waals surface area contributed by atoms with E-state index in [0.717, 1.165) is 5.56 Å². The van der Waals surface area contributed by atoms with Crippen LogP contribution in [0.4, 0.5) is 4.39 Å². The summed E-state index contributed by atoms with van der Waals surface area (Å²) in [5, 5.41) is 16.7. The van der Waals surface area contributed by atoms with Crippen molar-refractivity contribution in [3.8, 4) is 5.88 Å². The Balaban J connectivity index is 1.63. The van der Waals surface area contributed by atoms with Gasteiger partial charge in [0, 0.05) is 24.7 Å². The Morgan fingerprint density at radius 3 is 2.85 bits per heavy atom. The molecule has 2 atom stereocenters. The summed E-state index contributed by atoms with van der Waals surface area (Å²) in [7, 11) is 0. The van der Waals surface area contributed by atoms with Crippen molar-refractivity contribution in [3.05, 3.63) is 53.9 Å². The molecule has 0 spiro atoms. The second-order valence-corrected chi connectivity index (χ2v) is 6.60. The smallest absolute Gasteiger partial charge is 0.242 e. The Labute approximate surface area is 156 Å². The lowest BCUT2D eigenvalue weighted by molar-refractivity contribution is -0.118. The van der Waals surface area contributed by atoms with Crippen LogP contribution in [0, 0.1) is 0 Å². The van der Waals surface area contributed by atoms with Gasteiger partial charge < -0.3 is 9.84 Å². The van der Waals surface area contributed by atoms with E-state index in [1.54, 1.807) is 12.3 Å². The van der Waals surface area contributed by atoms with E-state index in [1.165, 1.54) is 0 Å². The van der Waals surface area contributed by atoms with Crippen LogP contribution >= 0.6 is 0 Å². The number of aromatic nitrogens is 3. The third-order valence-corrected chi connectivity index (χ3v) is 4.34. The number of hydrogen-bond acceptors (Lipinski definition) is 5. The third-order valence-electron chi connectivity index (χ3n) is 4.34. The van der Waals surface area contributed by atoms with Crippen LogP contribution in [0.1, 0.15) is 30.5 Å². The van der Waals surface area contributed by atoms with Crippen molar-refractivity contribution in [1.82, 2.24) is 15.2 Å². The number of aliphatic hydroxyl groups excluding tert-OH is 1. The molecular formula is C20H22FN3O3. The molecule has 2 N–H and O–H groups in total. The molecule has 0 aliphatic rings. The third kappa shape index (κ3) is 4.89. The summed E-state index contributed by atoms with van der Waals surface area (Å²) in [5.41, 5.74) is 2.46. The number of carbonyl (C=O) groups excluding carboxylic acids is 1. The molecule has 6 nitrogen and oxygen atoms in total. The molecule has 3 rings (SSSR count). The number of fused-ring (bicyclic) bond motifs is 1. The standard InChI is InChI=1S/C20H22FN3O3/c1-13(14-5-3-2-4-6-14)7-16(25)8-15-9-19-18(11-22-15)20(24-23-19)27-12-17(26)10-21/h2-6,9,11,13,17,26H,7-8,10,12H2,1H3,(H,23,24)/t13-,17?/m0/s1. The number of aromatic amines is 1. The first-order valence-electron chi connectivity index (χ1n) is 8.83. The number of carbonyl (C=O) groups is 1. The molecule has 0 fully saturated rings. The minimum atomic E-state index is -1.19. The van der Waals surface area contributed by atoms with Crippen LogP contribution in [0.3, 0.4) is 0 Å². The number of ether oxygens (including phenoxy) is 1. The van der Waals surface area contributed by atoms with Crippen LogP contribution in [0.5, 0.6) is 5.88 Å². The molecule has 0 saturated heterocycles. The maximum atomic E-state index is 12.4. The van der Waals surface area contributed by atoms with Gasteiger partial charge in [-0.25, -0.2) is 4.39 Å². The highest BCUT2D eigenvalue weighted by molar-refractivity contribution is 5.85. The van der Waals surface area contributed by atoms with Crippen LogP contribution in [-0.4, -0.2) is 45.5 Å². The lowest BCUT2D eigenvalue weighted by Crippen LogP contribution is -2.19. The minimum absolute atomic E-state index is 0.111. The summed E-state index contributed by atoms with van der Waals surface area (Å²) in [4.78, 5) is 16.7. The fourth-order valence-corrected chi connectivity index (χ4v) is 2.87. The molecule has 0 aliphatic carbocycles. The minimum Gasteiger partial charge on any atom is -0.473 e. The van der Waals surface area contributed by atoms with Crippen LogP contribution in [0.15, 0.2) is 42.6 Å². The Morgan fingerprint density at radius 2 is 2.11 bits per heavy atom. The molecule has 7 heteroatoms. The molecule has 0 radical (unpaired) electrons. The average molecular weight is 371 g/mol. The number of ketones is 1. The van der Waals surface area contributed by atoms with Crippen LogP contribution in [0.25, 0.3) is 10.9 Å². The van der Waals surface area contributed by atoms with Gasteiger partial charge in [0.05, 0.1) is 10.9 Å². The summed E-state index contributed by atoms with van der Waals surface area (Å²) in [6.07, 6.45) is 1.07. The van der Waals surface area contributed by atoms with Gasteiger partial charge in [-0.1, -0.05) is 37.3 Å². The Kier molecular flexibility index (Phi) is 6.13. The van der Waals surface area contributed by atoms with Gasteiger partial charge in [0.25, 0.3) is 0 Å². The molecule has 0 saturated carbocycles. The number of H-pyrrole nitrogens is 1. The first kappa shape index (κ1) is 19.0. The fraction of sp³-hybridized carbons (Fsp3) is 0.350. The summed E-state index contributed by atoms with van der Waals surface area (Å²) in [6.45, 7) is 0.969. The van der Waals surface area contributed by atoms with Crippen molar-refractivity contribution >= 4 is 16.7 Å². The highest BCUT2D eigenvalue weighted by atomic mass is 19.1. The highest BCUT2D eigenvalue weighted by Crippen LogP contribution is 2.23. The maximum absolute atomic E-state index is 12.4. The number of pyridine rings is 1. The first-order valence-corrected chi connectivity index (χ1v) is 8.83. The predicted octanol–water partition coefficient (Wildman–Crippen LogP) is 2.97. The number of Topliss-reactive ketones (excluding diaryl/α,β-unsaturated/α-hetero) is 1. The molecule has 27 heavy (non-hydrogen) atoms. The zero-order valence-electron chi connectivity index (χ0n) is 15.1. The van der Waals surface area contributed by atoms with Gasteiger partial charge in [-0.15, -0.1) is 5.10 Å². The zero-order chi connectivity index (χ0) is 19.2. The summed E-state index contributed by atoms with van der Waals surface area (Å²) in [6, 6.07) is 11.7. The summed E-state index contributed by atoms with van der Waals surface area (Å²) < 4.78 is 17.6. The lowest BCUT2D eigenvalue weighted by Gasteiger charge is -2.10. The van der Waals surface area contributed by atoms with Gasteiger partial charge in [-0.2, -0.15) is 0 Å². The van der Waals surface area contributed by atoms with Gasteiger partial charge in [0.2, 0.25) is 5.88 Å². The van der Waals surface area contributed by atoms with E-state index >= 15 is 0 Å². The molecular weight excluding hydrogens is 349 g/mol. The molecule has 2 heterocycles. The molecule has 0 aliphatic heterocycles. The van der Waals surface area contributed by atoms with E-state index in [-0.39, 0.29) is 30.6 Å². The lowest BCUT2D eigenvalue weighted by atomic mass is 9.94. The normalized spacial score (nSPS) is 13.4. The molecule has 1 unspecified atom stereocenters. The van der Waals surface area contributed by atoms with Crippen LogP contribution < -0.4 is 4.74 Å². The van der Waals surface area contributed by atoms with Gasteiger partial charge in [-0.05, 0) is 17.5 Å². The largest absolute Gasteiger partial charge is 0.473 e. The van der Waals surface area contributed by atoms with Crippen LogP contribution in [-0.2, 0) is 11.2 Å². The monoisotopic (exact) mass is 371 g/mol. The zero-order valence-corrected chi connectivity index (χ0v) is 15.1. The Bertz CT molecular complexity index is 898. The maximum Gasteiger partial charge on any atom is 0.242 e. The van der Waals surface area contributed by atoms with Gasteiger partial charge in [-0.3, -0.25) is 14.9 Å². The topological polar surface area (TPSA) is 88.1 Å². The average Bonchev–Trinajstić information content (AvgIpc) is 3.08. The van der Waals surface area contributed by atoms with E-state index in [9.17, 15) is 14.3 Å². The molecule has 0 bridgehead atoms. The molecule has 3 aromatic rings. The SMILES string of the molecule is C[C@@H](CC(=O)Cc1cc2[nH]nc(OCC(O)CF)c2cn1)c1ccccc1. The second kappa shape index (κ2) is 8.73. The number of nitrogens with one attached hydrogen (secondary N) is 1. The van der Waals surface area contributed by atoms with Crippen molar-refractivity contribution in [2.24, 2.45) is 0 Å². The van der Waals surface area contributed by atoms with Gasteiger partial charge in [0.15, 0.2) is 0 Å². The molecule has 142 valence electrons. The quantitative estimate of drug-likeness (QED) is 0.604. The fourth-order valence-electron chi connectivity index (χ4n) is 2.87. The summed E-state index contributed by atoms with van der Waals surface area (Å²) >= 11 is 0. The number of halogens is 1. The van der Waals surface area contributed by atoms with Gasteiger partial charge >= 0.3 is 0 Å². The van der Waals surface area contributed by atoms with Crippen molar-refractivity contribution in [1.29, 1.82) is 0 Å². The highest BCUT2D eigenvalue weighted by Gasteiger charge is 2.15. The number of nitrogens with zero attached hydrogens (tertiary/aromatic N) is 2. The number of hydrogen-bond donors (Lipinski definition) is 2.